The number of carbonyl (C=O) groups excluding carboxylic acids is 1. The Kier molecular flexibility index (Phi) is 7.17. The van der Waals surface area contributed by atoms with Gasteiger partial charge in [-0.2, -0.15) is 0 Å². The zero-order valence-electron chi connectivity index (χ0n) is 19.1. The van der Waals surface area contributed by atoms with Crippen LogP contribution in [0.25, 0.3) is 0 Å². The number of hydrogen-bond donors (Lipinski definition) is 3. The lowest BCUT2D eigenvalue weighted by molar-refractivity contribution is -0.125. The van der Waals surface area contributed by atoms with E-state index < -0.39 is 35.8 Å². The van der Waals surface area contributed by atoms with Crippen LogP contribution in [0.5, 0.6) is 11.6 Å². The van der Waals surface area contributed by atoms with Crippen molar-refractivity contribution < 1.29 is 18.3 Å². The number of amides is 1. The highest BCUT2D eigenvalue weighted by Gasteiger charge is 2.46. The number of nitrogens with zero attached hydrogens (tertiary/aromatic N) is 3. The van der Waals surface area contributed by atoms with E-state index in [1.165, 1.54) is 24.7 Å². The van der Waals surface area contributed by atoms with Crippen molar-refractivity contribution in [3.05, 3.63) is 76.5 Å². The molecule has 2 atom stereocenters. The smallest absolute Gasteiger partial charge is 0.257 e. The molecule has 0 aliphatic carbocycles. The van der Waals surface area contributed by atoms with Gasteiger partial charge in [0.2, 0.25) is 11.8 Å². The molecule has 3 aromatic rings. The van der Waals surface area contributed by atoms with Gasteiger partial charge in [0.25, 0.3) is 11.5 Å². The van der Waals surface area contributed by atoms with Crippen LogP contribution < -0.4 is 21.3 Å². The Morgan fingerprint density at radius 2 is 2.09 bits per heavy atom. The second-order valence-electron chi connectivity index (χ2n) is 8.37. The van der Waals surface area contributed by atoms with E-state index in [1.54, 1.807) is 24.0 Å². The molecule has 4 N–H and O–H groups in total. The Morgan fingerprint density at radius 1 is 1.31 bits per heavy atom. The number of ether oxygens (including phenoxy) is 1. The van der Waals surface area contributed by atoms with Crippen LogP contribution in [0.1, 0.15) is 30.4 Å². The zero-order valence-corrected chi connectivity index (χ0v) is 19.1. The Hall–Kier alpha value is -3.70. The molecule has 11 heteroatoms. The number of likely N-dealkylation sites (tertiary alicyclic amines) is 1. The van der Waals surface area contributed by atoms with Crippen molar-refractivity contribution >= 4 is 11.7 Å². The van der Waals surface area contributed by atoms with Crippen molar-refractivity contribution in [1.29, 1.82) is 0 Å². The fraction of sp³-hybridized carbons (Fsp3) is 0.333. The van der Waals surface area contributed by atoms with Crippen LogP contribution in [-0.2, 0) is 11.3 Å². The number of nitrogens with one attached hydrogen (secondary N) is 2. The highest BCUT2D eigenvalue weighted by atomic mass is 19.3. The van der Waals surface area contributed by atoms with Crippen molar-refractivity contribution in [3.8, 4) is 11.6 Å². The predicted molar refractivity (Wildman–Crippen MR) is 125 cm³/mol. The topological polar surface area (TPSA) is 126 Å². The Morgan fingerprint density at radius 3 is 2.77 bits per heavy atom. The van der Waals surface area contributed by atoms with Gasteiger partial charge in [-0.1, -0.05) is 18.2 Å². The molecule has 0 spiro atoms. The van der Waals surface area contributed by atoms with Crippen molar-refractivity contribution in [2.75, 3.05) is 18.4 Å². The van der Waals surface area contributed by atoms with Crippen LogP contribution in [0, 0.1) is 0 Å². The fourth-order valence-electron chi connectivity index (χ4n) is 3.97. The summed E-state index contributed by atoms with van der Waals surface area (Å²) in [6.07, 6.45) is 3.63. The number of aromatic nitrogens is 3. The number of pyridine rings is 1. The molecule has 1 fully saturated rings. The molecular weight excluding hydrogens is 458 g/mol. The largest absolute Gasteiger partial charge is 0.438 e. The van der Waals surface area contributed by atoms with Crippen LogP contribution >= 0.6 is 0 Å². The first-order valence-corrected chi connectivity index (χ1v) is 11.2. The number of piperidine rings is 1. The fourth-order valence-corrected chi connectivity index (χ4v) is 3.97. The van der Waals surface area contributed by atoms with Gasteiger partial charge in [0, 0.05) is 37.8 Å². The molecule has 184 valence electrons. The van der Waals surface area contributed by atoms with E-state index in [0.29, 0.717) is 5.75 Å². The summed E-state index contributed by atoms with van der Waals surface area (Å²) in [5, 5.41) is 2.67. The Bertz CT molecular complexity index is 1220. The quantitative estimate of drug-likeness (QED) is 0.471. The second-order valence-corrected chi connectivity index (χ2v) is 8.37. The van der Waals surface area contributed by atoms with Crippen molar-refractivity contribution in [2.45, 2.75) is 37.8 Å². The summed E-state index contributed by atoms with van der Waals surface area (Å²) >= 11 is 0. The number of rotatable bonds is 7. The SMILES string of the molecule is CC(C(=O)Nc1cnc(Oc2ccccc2)cn1)N1CCC(F)(F)[C@@H](c2c[nH]c(=O)c(CN)c2)C1. The molecule has 1 saturated heterocycles. The van der Waals surface area contributed by atoms with Crippen LogP contribution in [0.2, 0.25) is 0 Å². The van der Waals surface area contributed by atoms with Crippen LogP contribution in [0.15, 0.2) is 59.8 Å². The summed E-state index contributed by atoms with van der Waals surface area (Å²) in [6, 6.07) is 9.79. The number of anilines is 1. The number of aromatic amines is 1. The molecule has 4 rings (SSSR count). The molecule has 1 aliphatic rings. The molecule has 0 bridgehead atoms. The predicted octanol–water partition coefficient (Wildman–Crippen LogP) is 2.87. The van der Waals surface area contributed by atoms with Gasteiger partial charge >= 0.3 is 0 Å². The summed E-state index contributed by atoms with van der Waals surface area (Å²) in [4.78, 5) is 37.1. The van der Waals surface area contributed by atoms with Gasteiger partial charge < -0.3 is 20.8 Å². The first-order valence-electron chi connectivity index (χ1n) is 11.2. The van der Waals surface area contributed by atoms with Gasteiger partial charge in [0.15, 0.2) is 5.82 Å². The average molecular weight is 485 g/mol. The van der Waals surface area contributed by atoms with E-state index in [9.17, 15) is 18.4 Å². The van der Waals surface area contributed by atoms with E-state index in [0.717, 1.165) is 0 Å². The van der Waals surface area contributed by atoms with Crippen molar-refractivity contribution in [3.63, 3.8) is 0 Å². The molecule has 1 amide bonds. The lowest BCUT2D eigenvalue weighted by Gasteiger charge is -2.40. The molecule has 1 aromatic carbocycles. The van der Waals surface area contributed by atoms with Crippen molar-refractivity contribution in [1.82, 2.24) is 19.9 Å². The molecule has 0 radical (unpaired) electrons. The third-order valence-corrected chi connectivity index (χ3v) is 6.06. The standard InChI is InChI=1S/C24H26F2N6O3/c1-15(22(33)31-20-12-29-21(13-28-20)35-18-5-3-2-4-6-18)32-8-7-24(25,26)19(14-32)17-9-16(10-27)23(34)30-11-17/h2-6,9,11-13,15,19H,7-8,10,14,27H2,1H3,(H,30,34)(H,28,31,33)/t15?,19-/m1/s1. The lowest BCUT2D eigenvalue weighted by Crippen LogP contribution is -2.52. The van der Waals surface area contributed by atoms with Gasteiger partial charge in [-0.05, 0) is 30.7 Å². The van der Waals surface area contributed by atoms with Crippen LogP contribution in [0.3, 0.4) is 0 Å². The number of hydrogen-bond acceptors (Lipinski definition) is 7. The Balaban J connectivity index is 1.41. The molecule has 2 aromatic heterocycles. The van der Waals surface area contributed by atoms with Crippen LogP contribution in [-0.4, -0.2) is 50.8 Å². The number of nitrogens with two attached hydrogens (primary N) is 1. The van der Waals surface area contributed by atoms with Crippen LogP contribution in [0.4, 0.5) is 14.6 Å². The molecule has 0 saturated carbocycles. The summed E-state index contributed by atoms with van der Waals surface area (Å²) < 4.78 is 35.2. The third kappa shape index (κ3) is 5.69. The van der Waals surface area contributed by atoms with Gasteiger partial charge in [0.1, 0.15) is 5.75 Å². The first kappa shape index (κ1) is 24.4. The number of H-pyrrole nitrogens is 1. The van der Waals surface area contributed by atoms with Gasteiger partial charge in [-0.25, -0.2) is 18.7 Å². The summed E-state index contributed by atoms with van der Waals surface area (Å²) in [6.45, 7) is 1.57. The summed E-state index contributed by atoms with van der Waals surface area (Å²) in [7, 11) is 0. The summed E-state index contributed by atoms with van der Waals surface area (Å²) in [5.74, 6) is -3.50. The van der Waals surface area contributed by atoms with Gasteiger partial charge in [0.05, 0.1) is 24.4 Å². The molecule has 35 heavy (non-hydrogen) atoms. The third-order valence-electron chi connectivity index (χ3n) is 6.06. The van der Waals surface area contributed by atoms with Crippen molar-refractivity contribution in [2.24, 2.45) is 5.73 Å². The second kappa shape index (κ2) is 10.3. The maximum absolute atomic E-state index is 14.8. The van der Waals surface area contributed by atoms with Gasteiger partial charge in [-0.3, -0.25) is 14.5 Å². The minimum atomic E-state index is -2.99. The summed E-state index contributed by atoms with van der Waals surface area (Å²) in [5.41, 5.74) is 5.68. The zero-order chi connectivity index (χ0) is 25.0. The first-order chi connectivity index (χ1) is 16.8. The number of halogens is 2. The minimum absolute atomic E-state index is 0.0424. The number of benzene rings is 1. The molecular formula is C24H26F2N6O3. The number of para-hydroxylation sites is 1. The molecule has 3 heterocycles. The van der Waals surface area contributed by atoms with E-state index in [4.69, 9.17) is 10.5 Å². The highest BCUT2D eigenvalue weighted by molar-refractivity contribution is 5.93. The minimum Gasteiger partial charge on any atom is -0.438 e. The van der Waals surface area contributed by atoms with E-state index in [-0.39, 0.29) is 42.5 Å². The average Bonchev–Trinajstić information content (AvgIpc) is 2.86. The van der Waals surface area contributed by atoms with E-state index >= 15 is 0 Å². The maximum atomic E-state index is 14.8. The lowest BCUT2D eigenvalue weighted by atomic mass is 9.86. The molecule has 1 unspecified atom stereocenters. The van der Waals surface area contributed by atoms with E-state index in [2.05, 4.69) is 20.3 Å². The van der Waals surface area contributed by atoms with E-state index in [1.807, 2.05) is 18.2 Å². The highest BCUT2D eigenvalue weighted by Crippen LogP contribution is 2.40. The molecule has 9 nitrogen and oxygen atoms in total. The maximum Gasteiger partial charge on any atom is 0.257 e. The monoisotopic (exact) mass is 484 g/mol. The normalized spacial score (nSPS) is 18.6. The number of alkyl halides is 2. The molecule has 1 aliphatic heterocycles. The Labute approximate surface area is 200 Å². The number of carbonyl (C=O) groups is 1. The van der Waals surface area contributed by atoms with Gasteiger partial charge in [-0.15, -0.1) is 0 Å².